The van der Waals surface area contributed by atoms with E-state index < -0.39 is 18.5 Å². The van der Waals surface area contributed by atoms with Crippen molar-refractivity contribution in [3.05, 3.63) is 28.5 Å². The van der Waals surface area contributed by atoms with Gasteiger partial charge in [0.2, 0.25) is 5.91 Å². The Labute approximate surface area is 147 Å². The zero-order valence-corrected chi connectivity index (χ0v) is 14.8. The maximum absolute atomic E-state index is 12.1. The molecule has 0 bridgehead atoms. The molecule has 1 saturated heterocycles. The van der Waals surface area contributed by atoms with Crippen molar-refractivity contribution in [1.82, 2.24) is 14.8 Å². The van der Waals surface area contributed by atoms with E-state index in [-0.39, 0.29) is 18.0 Å². The molecule has 0 aliphatic carbocycles. The maximum Gasteiger partial charge on any atom is 0.340 e. The van der Waals surface area contributed by atoms with Gasteiger partial charge in [0.05, 0.1) is 25.3 Å². The van der Waals surface area contributed by atoms with Crippen LogP contribution in [0.5, 0.6) is 0 Å². The number of pyridine rings is 1. The number of aromatic nitrogens is 1. The normalized spacial score (nSPS) is 14.2. The van der Waals surface area contributed by atoms with Crippen LogP contribution in [0.25, 0.3) is 0 Å². The molecule has 8 nitrogen and oxygen atoms in total. The van der Waals surface area contributed by atoms with E-state index in [9.17, 15) is 14.4 Å². The lowest BCUT2D eigenvalue weighted by Crippen LogP contribution is -2.46. The van der Waals surface area contributed by atoms with E-state index >= 15 is 0 Å². The van der Waals surface area contributed by atoms with Crippen molar-refractivity contribution in [3.63, 3.8) is 0 Å². The third-order valence-electron chi connectivity index (χ3n) is 3.43. The van der Waals surface area contributed by atoms with E-state index in [4.69, 9.17) is 9.47 Å². The molecule has 0 radical (unpaired) electrons. The molecular formula is C15H18BrN3O5. The molecule has 9 heteroatoms. The van der Waals surface area contributed by atoms with Crippen molar-refractivity contribution >= 4 is 33.7 Å². The predicted octanol–water partition coefficient (Wildman–Crippen LogP) is 0.318. The lowest BCUT2D eigenvalue weighted by molar-refractivity contribution is -0.143. The third-order valence-corrected chi connectivity index (χ3v) is 3.86. The number of hydrogen-bond acceptors (Lipinski definition) is 6. The zero-order chi connectivity index (χ0) is 17.5. The number of nitrogens with zero attached hydrogens (tertiary/aromatic N) is 3. The van der Waals surface area contributed by atoms with Crippen molar-refractivity contribution in [2.45, 2.75) is 0 Å². The van der Waals surface area contributed by atoms with Crippen LogP contribution >= 0.6 is 15.9 Å². The van der Waals surface area contributed by atoms with Crippen LogP contribution in [0.4, 0.5) is 0 Å². The Morgan fingerprint density at radius 2 is 2.04 bits per heavy atom. The van der Waals surface area contributed by atoms with Crippen LogP contribution in [0.15, 0.2) is 22.9 Å². The summed E-state index contributed by atoms with van der Waals surface area (Å²) in [4.78, 5) is 42.6. The van der Waals surface area contributed by atoms with E-state index in [0.717, 1.165) is 0 Å². The summed E-state index contributed by atoms with van der Waals surface area (Å²) in [5.74, 6) is -1.25. The molecule has 24 heavy (non-hydrogen) atoms. The van der Waals surface area contributed by atoms with Crippen LogP contribution in [-0.2, 0) is 19.1 Å². The van der Waals surface area contributed by atoms with Crippen LogP contribution in [-0.4, -0.2) is 79.1 Å². The SMILES string of the molecule is CN(CC(=O)N1CCOCC1)C(=O)COC(=O)c1cncc(Br)c1. The number of ether oxygens (including phenoxy) is 2. The van der Waals surface area contributed by atoms with Crippen LogP contribution in [0.3, 0.4) is 0 Å². The van der Waals surface area contributed by atoms with Gasteiger partial charge in [-0.2, -0.15) is 0 Å². The Balaban J connectivity index is 1.78. The Bertz CT molecular complexity index is 619. The number of carbonyl (C=O) groups excluding carboxylic acids is 3. The summed E-state index contributed by atoms with van der Waals surface area (Å²) in [7, 11) is 1.50. The minimum atomic E-state index is -0.648. The molecule has 1 fully saturated rings. The lowest BCUT2D eigenvalue weighted by atomic mass is 10.3. The molecule has 0 unspecified atom stereocenters. The molecule has 0 atom stereocenters. The fourth-order valence-corrected chi connectivity index (χ4v) is 2.41. The Kier molecular flexibility index (Phi) is 6.68. The van der Waals surface area contributed by atoms with Crippen molar-refractivity contribution in [2.75, 3.05) is 46.5 Å². The summed E-state index contributed by atoms with van der Waals surface area (Å²) in [5.41, 5.74) is 0.240. The molecule has 0 spiro atoms. The highest BCUT2D eigenvalue weighted by atomic mass is 79.9. The summed E-state index contributed by atoms with van der Waals surface area (Å²) in [5, 5.41) is 0. The van der Waals surface area contributed by atoms with Crippen LogP contribution in [0.2, 0.25) is 0 Å². The van der Waals surface area contributed by atoms with Gasteiger partial charge in [-0.3, -0.25) is 14.6 Å². The van der Waals surface area contributed by atoms with E-state index in [1.54, 1.807) is 11.0 Å². The van der Waals surface area contributed by atoms with Crippen LogP contribution < -0.4 is 0 Å². The van der Waals surface area contributed by atoms with Gasteiger partial charge < -0.3 is 19.3 Å². The highest BCUT2D eigenvalue weighted by Crippen LogP contribution is 2.10. The first kappa shape index (κ1) is 18.3. The molecule has 0 saturated carbocycles. The number of hydrogen-bond donors (Lipinski definition) is 0. The van der Waals surface area contributed by atoms with Gasteiger partial charge in [-0.15, -0.1) is 0 Å². The minimum absolute atomic E-state index is 0.0607. The van der Waals surface area contributed by atoms with Gasteiger partial charge in [0.1, 0.15) is 0 Å². The fraction of sp³-hybridized carbons (Fsp3) is 0.467. The number of esters is 1. The molecule has 2 heterocycles. The summed E-state index contributed by atoms with van der Waals surface area (Å²) in [6.07, 6.45) is 2.89. The van der Waals surface area contributed by atoms with Crippen molar-refractivity contribution in [1.29, 1.82) is 0 Å². The Morgan fingerprint density at radius 3 is 2.71 bits per heavy atom. The van der Waals surface area contributed by atoms with Gasteiger partial charge in [0, 0.05) is 37.0 Å². The Morgan fingerprint density at radius 1 is 1.33 bits per heavy atom. The van der Waals surface area contributed by atoms with E-state index in [2.05, 4.69) is 20.9 Å². The molecule has 2 amide bonds. The largest absolute Gasteiger partial charge is 0.452 e. The average Bonchev–Trinajstić information content (AvgIpc) is 2.60. The summed E-state index contributed by atoms with van der Waals surface area (Å²) in [6.45, 7) is 1.55. The second kappa shape index (κ2) is 8.74. The van der Waals surface area contributed by atoms with Gasteiger partial charge in [0.25, 0.3) is 5.91 Å². The smallest absolute Gasteiger partial charge is 0.340 e. The molecule has 0 aromatic carbocycles. The molecule has 0 N–H and O–H groups in total. The zero-order valence-electron chi connectivity index (χ0n) is 13.2. The van der Waals surface area contributed by atoms with Gasteiger partial charge in [-0.05, 0) is 22.0 Å². The van der Waals surface area contributed by atoms with Gasteiger partial charge in [0.15, 0.2) is 6.61 Å². The number of morpholine rings is 1. The van der Waals surface area contributed by atoms with Crippen molar-refractivity contribution < 1.29 is 23.9 Å². The number of likely N-dealkylation sites (N-methyl/N-ethyl adjacent to an activating group) is 1. The summed E-state index contributed by atoms with van der Waals surface area (Å²) < 4.78 is 10.8. The van der Waals surface area contributed by atoms with Crippen LogP contribution in [0.1, 0.15) is 10.4 Å². The minimum Gasteiger partial charge on any atom is -0.452 e. The molecule has 1 aliphatic rings. The first-order valence-electron chi connectivity index (χ1n) is 7.34. The monoisotopic (exact) mass is 399 g/mol. The van der Waals surface area contributed by atoms with Crippen LogP contribution in [0, 0.1) is 0 Å². The number of carbonyl (C=O) groups is 3. The van der Waals surface area contributed by atoms with E-state index in [1.807, 2.05) is 0 Å². The maximum atomic E-state index is 12.1. The van der Waals surface area contributed by atoms with Gasteiger partial charge in [-0.25, -0.2) is 4.79 Å². The number of amides is 2. The second-order valence-electron chi connectivity index (χ2n) is 5.21. The predicted molar refractivity (Wildman–Crippen MR) is 87.3 cm³/mol. The van der Waals surface area contributed by atoms with Crippen molar-refractivity contribution in [2.24, 2.45) is 0 Å². The van der Waals surface area contributed by atoms with Crippen molar-refractivity contribution in [3.8, 4) is 0 Å². The molecule has 130 valence electrons. The van der Waals surface area contributed by atoms with Gasteiger partial charge in [-0.1, -0.05) is 0 Å². The molecule has 2 rings (SSSR count). The quantitative estimate of drug-likeness (QED) is 0.662. The first-order chi connectivity index (χ1) is 11.5. The fourth-order valence-electron chi connectivity index (χ4n) is 2.05. The molecular weight excluding hydrogens is 382 g/mol. The third kappa shape index (κ3) is 5.27. The van der Waals surface area contributed by atoms with E-state index in [1.165, 1.54) is 24.3 Å². The number of rotatable bonds is 5. The number of halogens is 1. The average molecular weight is 400 g/mol. The van der Waals surface area contributed by atoms with E-state index in [0.29, 0.717) is 30.8 Å². The summed E-state index contributed by atoms with van der Waals surface area (Å²) in [6, 6.07) is 1.55. The molecule has 1 aliphatic heterocycles. The topological polar surface area (TPSA) is 89.0 Å². The molecule has 1 aromatic heterocycles. The van der Waals surface area contributed by atoms with Gasteiger partial charge >= 0.3 is 5.97 Å². The second-order valence-corrected chi connectivity index (χ2v) is 6.13. The Hall–Kier alpha value is -2.00. The lowest BCUT2D eigenvalue weighted by Gasteiger charge is -2.28. The highest BCUT2D eigenvalue weighted by molar-refractivity contribution is 9.10. The standard InChI is InChI=1S/C15H18BrN3O5/c1-18(9-13(20)19-2-4-23-5-3-19)14(21)10-24-15(22)11-6-12(16)8-17-7-11/h6-8H,2-5,9-10H2,1H3. The summed E-state index contributed by atoms with van der Waals surface area (Å²) >= 11 is 3.20. The molecule has 1 aromatic rings. The first-order valence-corrected chi connectivity index (χ1v) is 8.14. The highest BCUT2D eigenvalue weighted by Gasteiger charge is 2.21.